The summed E-state index contributed by atoms with van der Waals surface area (Å²) in [5, 5.41) is 5.24. The SMILES string of the molecule is NCCCC[C@H](N)C(=O)NCCNC(=O)CCN1C(=O)C=CC1=O. The van der Waals surface area contributed by atoms with Crippen LogP contribution in [0.4, 0.5) is 0 Å². The predicted molar refractivity (Wildman–Crippen MR) is 87.4 cm³/mol. The standard InChI is InChI=1S/C15H25N5O4/c16-7-2-1-3-11(17)15(24)19-9-8-18-12(21)6-10-20-13(22)4-5-14(20)23/h4-5,11H,1-3,6-10,16-17H2,(H,18,21)(H,19,24)/t11-/m0/s1. The van der Waals surface area contributed by atoms with Gasteiger partial charge in [0.1, 0.15) is 0 Å². The number of nitrogens with two attached hydrogens (primary N) is 2. The van der Waals surface area contributed by atoms with Crippen molar-refractivity contribution in [2.45, 2.75) is 31.7 Å². The largest absolute Gasteiger partial charge is 0.354 e. The van der Waals surface area contributed by atoms with E-state index in [4.69, 9.17) is 11.5 Å². The van der Waals surface area contributed by atoms with Gasteiger partial charge >= 0.3 is 0 Å². The molecule has 1 atom stereocenters. The summed E-state index contributed by atoms with van der Waals surface area (Å²) >= 11 is 0. The number of unbranched alkanes of at least 4 members (excludes halogenated alkanes) is 1. The Morgan fingerprint density at radius 2 is 1.71 bits per heavy atom. The van der Waals surface area contributed by atoms with E-state index in [1.165, 1.54) is 12.2 Å². The molecule has 0 radical (unpaired) electrons. The average Bonchev–Trinajstić information content (AvgIpc) is 2.88. The molecule has 0 aliphatic carbocycles. The molecule has 9 heteroatoms. The van der Waals surface area contributed by atoms with Gasteiger partial charge in [0.2, 0.25) is 11.8 Å². The number of hydrogen-bond donors (Lipinski definition) is 4. The molecule has 1 heterocycles. The van der Waals surface area contributed by atoms with Gasteiger partial charge in [-0.1, -0.05) is 6.42 Å². The zero-order chi connectivity index (χ0) is 17.9. The Bertz CT molecular complexity index is 488. The van der Waals surface area contributed by atoms with Crippen LogP contribution in [0.25, 0.3) is 0 Å². The summed E-state index contributed by atoms with van der Waals surface area (Å²) in [5.41, 5.74) is 11.1. The Morgan fingerprint density at radius 3 is 2.33 bits per heavy atom. The number of carbonyl (C=O) groups is 4. The number of imide groups is 1. The maximum Gasteiger partial charge on any atom is 0.253 e. The fraction of sp³-hybridized carbons (Fsp3) is 0.600. The molecule has 6 N–H and O–H groups in total. The number of carbonyl (C=O) groups excluding carboxylic acids is 4. The van der Waals surface area contributed by atoms with Crippen LogP contribution in [0.2, 0.25) is 0 Å². The number of nitrogens with one attached hydrogen (secondary N) is 2. The molecule has 4 amide bonds. The van der Waals surface area contributed by atoms with Gasteiger partial charge in [-0.2, -0.15) is 0 Å². The predicted octanol–water partition coefficient (Wildman–Crippen LogP) is -2.01. The van der Waals surface area contributed by atoms with Crippen molar-refractivity contribution in [3.05, 3.63) is 12.2 Å². The molecule has 0 bridgehead atoms. The molecule has 0 fully saturated rings. The zero-order valence-electron chi connectivity index (χ0n) is 13.6. The fourth-order valence-electron chi connectivity index (χ4n) is 2.11. The fourth-order valence-corrected chi connectivity index (χ4v) is 2.11. The lowest BCUT2D eigenvalue weighted by Gasteiger charge is -2.14. The van der Waals surface area contributed by atoms with Crippen LogP contribution >= 0.6 is 0 Å². The second kappa shape index (κ2) is 10.5. The van der Waals surface area contributed by atoms with Crippen molar-refractivity contribution in [3.8, 4) is 0 Å². The van der Waals surface area contributed by atoms with Gasteiger partial charge in [0.15, 0.2) is 0 Å². The third-order valence-corrected chi connectivity index (χ3v) is 3.52. The monoisotopic (exact) mass is 339 g/mol. The Morgan fingerprint density at radius 1 is 1.08 bits per heavy atom. The van der Waals surface area contributed by atoms with E-state index in [-0.39, 0.29) is 37.9 Å². The summed E-state index contributed by atoms with van der Waals surface area (Å²) in [6.07, 6.45) is 4.56. The molecule has 1 aliphatic rings. The van der Waals surface area contributed by atoms with Crippen LogP contribution in [0, 0.1) is 0 Å². The molecule has 0 unspecified atom stereocenters. The van der Waals surface area contributed by atoms with Gasteiger partial charge in [-0.3, -0.25) is 24.1 Å². The van der Waals surface area contributed by atoms with Crippen LogP contribution in [0.15, 0.2) is 12.2 Å². The quantitative estimate of drug-likeness (QED) is 0.252. The van der Waals surface area contributed by atoms with Crippen molar-refractivity contribution < 1.29 is 19.2 Å². The third kappa shape index (κ3) is 6.88. The number of hydrogen-bond acceptors (Lipinski definition) is 6. The molecule has 0 spiro atoms. The first-order valence-electron chi connectivity index (χ1n) is 7.99. The molecule has 1 aliphatic heterocycles. The Hall–Kier alpha value is -2.26. The highest BCUT2D eigenvalue weighted by Crippen LogP contribution is 2.03. The van der Waals surface area contributed by atoms with E-state index in [9.17, 15) is 19.2 Å². The minimum atomic E-state index is -0.577. The summed E-state index contributed by atoms with van der Waals surface area (Å²) in [5.74, 6) is -1.39. The lowest BCUT2D eigenvalue weighted by Crippen LogP contribution is -2.43. The topological polar surface area (TPSA) is 148 Å². The molecule has 0 aromatic carbocycles. The molecule has 0 saturated heterocycles. The van der Waals surface area contributed by atoms with Crippen LogP contribution in [0.3, 0.4) is 0 Å². The van der Waals surface area contributed by atoms with Crippen LogP contribution in [0.1, 0.15) is 25.7 Å². The highest BCUT2D eigenvalue weighted by Gasteiger charge is 2.23. The number of nitrogens with zero attached hydrogens (tertiary/aromatic N) is 1. The van der Waals surface area contributed by atoms with Gasteiger partial charge in [0, 0.05) is 38.2 Å². The van der Waals surface area contributed by atoms with E-state index in [2.05, 4.69) is 10.6 Å². The zero-order valence-corrected chi connectivity index (χ0v) is 13.6. The maximum absolute atomic E-state index is 11.7. The highest BCUT2D eigenvalue weighted by molar-refractivity contribution is 6.13. The first-order chi connectivity index (χ1) is 11.5. The van der Waals surface area contributed by atoms with Crippen molar-refractivity contribution in [2.24, 2.45) is 11.5 Å². The van der Waals surface area contributed by atoms with Gasteiger partial charge in [-0.15, -0.1) is 0 Å². The average molecular weight is 339 g/mol. The van der Waals surface area contributed by atoms with E-state index in [1.807, 2.05) is 0 Å². The summed E-state index contributed by atoms with van der Waals surface area (Å²) in [4.78, 5) is 46.9. The lowest BCUT2D eigenvalue weighted by atomic mass is 10.1. The highest BCUT2D eigenvalue weighted by atomic mass is 16.2. The molecule has 0 aromatic rings. The van der Waals surface area contributed by atoms with Crippen LogP contribution in [-0.2, 0) is 19.2 Å². The summed E-state index contributed by atoms with van der Waals surface area (Å²) in [7, 11) is 0. The van der Waals surface area contributed by atoms with Crippen molar-refractivity contribution in [3.63, 3.8) is 0 Å². The van der Waals surface area contributed by atoms with Gasteiger partial charge in [-0.25, -0.2) is 0 Å². The summed E-state index contributed by atoms with van der Waals surface area (Å²) in [6.45, 7) is 1.12. The lowest BCUT2D eigenvalue weighted by molar-refractivity contribution is -0.137. The van der Waals surface area contributed by atoms with E-state index < -0.39 is 17.9 Å². The summed E-state index contributed by atoms with van der Waals surface area (Å²) < 4.78 is 0. The Kier molecular flexibility index (Phi) is 8.66. The molecule has 134 valence electrons. The third-order valence-electron chi connectivity index (χ3n) is 3.52. The van der Waals surface area contributed by atoms with E-state index in [1.54, 1.807) is 0 Å². The van der Waals surface area contributed by atoms with Crippen molar-refractivity contribution >= 4 is 23.6 Å². The summed E-state index contributed by atoms with van der Waals surface area (Å²) in [6, 6.07) is -0.577. The number of amides is 4. The molecular weight excluding hydrogens is 314 g/mol. The van der Waals surface area contributed by atoms with Crippen LogP contribution in [-0.4, -0.2) is 60.7 Å². The first-order valence-corrected chi connectivity index (χ1v) is 7.99. The van der Waals surface area contributed by atoms with Crippen LogP contribution < -0.4 is 22.1 Å². The van der Waals surface area contributed by atoms with Gasteiger partial charge in [-0.05, 0) is 19.4 Å². The van der Waals surface area contributed by atoms with Crippen molar-refractivity contribution in [2.75, 3.05) is 26.2 Å². The second-order valence-electron chi connectivity index (χ2n) is 5.44. The Balaban J connectivity index is 2.09. The maximum atomic E-state index is 11.7. The molecule has 0 saturated carbocycles. The van der Waals surface area contributed by atoms with Crippen molar-refractivity contribution in [1.29, 1.82) is 0 Å². The van der Waals surface area contributed by atoms with Crippen LogP contribution in [0.5, 0.6) is 0 Å². The Labute approximate surface area is 140 Å². The minimum absolute atomic E-state index is 0.0196. The molecular formula is C15H25N5O4. The minimum Gasteiger partial charge on any atom is -0.354 e. The van der Waals surface area contributed by atoms with Crippen molar-refractivity contribution in [1.82, 2.24) is 15.5 Å². The van der Waals surface area contributed by atoms with E-state index in [0.717, 1.165) is 17.7 Å². The van der Waals surface area contributed by atoms with Gasteiger partial charge in [0.25, 0.3) is 11.8 Å². The van der Waals surface area contributed by atoms with E-state index in [0.29, 0.717) is 13.0 Å². The molecule has 0 aromatic heterocycles. The smallest absolute Gasteiger partial charge is 0.253 e. The second-order valence-corrected chi connectivity index (χ2v) is 5.44. The first kappa shape index (κ1) is 19.8. The normalized spacial score (nSPS) is 14.8. The number of rotatable bonds is 11. The molecule has 9 nitrogen and oxygen atoms in total. The van der Waals surface area contributed by atoms with E-state index >= 15 is 0 Å². The van der Waals surface area contributed by atoms with Gasteiger partial charge < -0.3 is 22.1 Å². The van der Waals surface area contributed by atoms with Gasteiger partial charge in [0.05, 0.1) is 6.04 Å². The molecule has 1 rings (SSSR count). The molecule has 24 heavy (non-hydrogen) atoms.